The lowest BCUT2D eigenvalue weighted by Crippen LogP contribution is -2.24. The Morgan fingerprint density at radius 2 is 1.91 bits per heavy atom. The van der Waals surface area contributed by atoms with Gasteiger partial charge in [-0.05, 0) is 62.4 Å². The Balaban J connectivity index is 1.38. The van der Waals surface area contributed by atoms with Gasteiger partial charge in [-0.15, -0.1) is 0 Å². The van der Waals surface area contributed by atoms with Gasteiger partial charge in [0.1, 0.15) is 0 Å². The van der Waals surface area contributed by atoms with Crippen LogP contribution in [0.5, 0.6) is 0 Å². The zero-order chi connectivity index (χ0) is 23.4. The molecule has 2 aromatic rings. The highest BCUT2D eigenvalue weighted by molar-refractivity contribution is 6.03. The van der Waals surface area contributed by atoms with Crippen molar-refractivity contribution in [2.45, 2.75) is 44.3 Å². The molecule has 33 heavy (non-hydrogen) atoms. The fraction of sp³-hybridized carbons (Fsp3) is 0.333. The van der Waals surface area contributed by atoms with Crippen LogP contribution in [0.1, 0.15) is 59.6 Å². The third-order valence-corrected chi connectivity index (χ3v) is 5.73. The lowest BCUT2D eigenvalue weighted by atomic mass is 9.97. The summed E-state index contributed by atoms with van der Waals surface area (Å²) in [6.07, 6.45) is 3.14. The van der Waals surface area contributed by atoms with Crippen LogP contribution in [-0.4, -0.2) is 18.4 Å². The Labute approximate surface area is 189 Å². The zero-order valence-electron chi connectivity index (χ0n) is 17.8. The highest BCUT2D eigenvalue weighted by Crippen LogP contribution is 2.43. The second-order valence-corrected chi connectivity index (χ2v) is 8.04. The molecular formula is C24H23F3N4O2. The molecule has 172 valence electrons. The molecule has 0 saturated carbocycles. The van der Waals surface area contributed by atoms with Crippen LogP contribution in [0.15, 0.2) is 64.3 Å². The van der Waals surface area contributed by atoms with E-state index in [9.17, 15) is 22.8 Å². The van der Waals surface area contributed by atoms with E-state index < -0.39 is 23.7 Å². The molecule has 9 heteroatoms. The summed E-state index contributed by atoms with van der Waals surface area (Å²) in [6, 6.07) is 8.73. The first kappa shape index (κ1) is 22.7. The fourth-order valence-corrected chi connectivity index (χ4v) is 4.00. The van der Waals surface area contributed by atoms with Crippen molar-refractivity contribution in [3.8, 4) is 0 Å². The predicted molar refractivity (Wildman–Crippen MR) is 117 cm³/mol. The Morgan fingerprint density at radius 3 is 2.61 bits per heavy atom. The molecule has 0 unspecified atom stereocenters. The van der Waals surface area contributed by atoms with Crippen molar-refractivity contribution in [3.05, 3.63) is 70.8 Å². The lowest BCUT2D eigenvalue weighted by molar-refractivity contribution is -0.136. The summed E-state index contributed by atoms with van der Waals surface area (Å²) in [6.45, 7) is 0.572. The third kappa shape index (κ3) is 5.30. The molecular weight excluding hydrogens is 433 g/mol. The molecule has 1 aliphatic heterocycles. The van der Waals surface area contributed by atoms with Crippen molar-refractivity contribution in [1.29, 1.82) is 0 Å². The number of hydrogen-bond donors (Lipinski definition) is 2. The first-order chi connectivity index (χ1) is 15.8. The first-order valence-electron chi connectivity index (χ1n) is 10.8. The number of halogens is 3. The molecule has 4 rings (SSSR count). The molecule has 1 atom stereocenters. The van der Waals surface area contributed by atoms with Crippen molar-refractivity contribution in [3.63, 3.8) is 0 Å². The van der Waals surface area contributed by atoms with Gasteiger partial charge in [0.05, 0.1) is 16.9 Å². The maximum Gasteiger partial charge on any atom is 0.418 e. The van der Waals surface area contributed by atoms with Gasteiger partial charge in [0, 0.05) is 17.7 Å². The molecule has 2 aromatic carbocycles. The van der Waals surface area contributed by atoms with Gasteiger partial charge in [0.15, 0.2) is 6.04 Å². The number of nitrogens with zero attached hydrogens (tertiary/aromatic N) is 2. The highest BCUT2D eigenvalue weighted by atomic mass is 19.4. The van der Waals surface area contributed by atoms with Crippen molar-refractivity contribution in [2.24, 2.45) is 10.2 Å². The van der Waals surface area contributed by atoms with Crippen LogP contribution in [0.3, 0.4) is 0 Å². The SMILES string of the molecule is O=C(NCCC1=CCCCC1)c1ccc(N=N[C@H]2C(=O)Nc3c2cccc3C(F)(F)F)cc1. The van der Waals surface area contributed by atoms with E-state index in [4.69, 9.17) is 0 Å². The molecule has 2 N–H and O–H groups in total. The largest absolute Gasteiger partial charge is 0.418 e. The lowest BCUT2D eigenvalue weighted by Gasteiger charge is -2.13. The molecule has 2 aliphatic rings. The monoisotopic (exact) mass is 456 g/mol. The molecule has 0 aromatic heterocycles. The van der Waals surface area contributed by atoms with E-state index in [0.29, 0.717) is 17.8 Å². The summed E-state index contributed by atoms with van der Waals surface area (Å²) in [7, 11) is 0. The van der Waals surface area contributed by atoms with Crippen LogP contribution in [0.2, 0.25) is 0 Å². The first-order valence-corrected chi connectivity index (χ1v) is 10.8. The van der Waals surface area contributed by atoms with Crippen LogP contribution < -0.4 is 10.6 Å². The average molecular weight is 456 g/mol. The molecule has 0 saturated heterocycles. The molecule has 0 radical (unpaired) electrons. The van der Waals surface area contributed by atoms with E-state index in [2.05, 4.69) is 26.9 Å². The number of benzene rings is 2. The Bertz CT molecular complexity index is 1110. The molecule has 2 amide bonds. The van der Waals surface area contributed by atoms with Crippen molar-refractivity contribution >= 4 is 23.2 Å². The summed E-state index contributed by atoms with van der Waals surface area (Å²) in [4.78, 5) is 24.5. The van der Waals surface area contributed by atoms with Gasteiger partial charge >= 0.3 is 6.18 Å². The molecule has 1 heterocycles. The van der Waals surface area contributed by atoms with Gasteiger partial charge in [-0.25, -0.2) is 0 Å². The number of amides is 2. The number of rotatable bonds is 6. The smallest absolute Gasteiger partial charge is 0.352 e. The van der Waals surface area contributed by atoms with E-state index in [1.165, 1.54) is 30.5 Å². The number of allylic oxidation sites excluding steroid dienone is 1. The van der Waals surface area contributed by atoms with Crippen LogP contribution in [0.25, 0.3) is 0 Å². The number of alkyl halides is 3. The number of carbonyl (C=O) groups is 2. The summed E-state index contributed by atoms with van der Waals surface area (Å²) < 4.78 is 39.5. The number of carbonyl (C=O) groups excluding carboxylic acids is 2. The van der Waals surface area contributed by atoms with Gasteiger partial charge in [0.2, 0.25) is 0 Å². The summed E-state index contributed by atoms with van der Waals surface area (Å²) in [5.74, 6) is -0.867. The topological polar surface area (TPSA) is 82.9 Å². The number of hydrogen-bond acceptors (Lipinski definition) is 4. The van der Waals surface area contributed by atoms with Gasteiger partial charge < -0.3 is 10.6 Å². The summed E-state index contributed by atoms with van der Waals surface area (Å²) in [5, 5.41) is 13.1. The van der Waals surface area contributed by atoms with Gasteiger partial charge in [-0.2, -0.15) is 23.4 Å². The minimum absolute atomic E-state index is 0.127. The number of anilines is 1. The standard InChI is InChI=1S/C24H23F3N4O2/c25-24(26,27)19-8-4-7-18-20(19)29-23(33)21(18)31-30-17-11-9-16(10-12-17)22(32)28-14-13-15-5-2-1-3-6-15/h4-5,7-12,21H,1-3,6,13-14H2,(H,28,32)(H,29,33)/t21-/m1/s1. The molecule has 1 aliphatic carbocycles. The van der Waals surface area contributed by atoms with Gasteiger partial charge in [0.25, 0.3) is 11.8 Å². The minimum Gasteiger partial charge on any atom is -0.352 e. The minimum atomic E-state index is -4.59. The van der Waals surface area contributed by atoms with E-state index in [1.807, 2.05) is 0 Å². The Kier molecular flexibility index (Phi) is 6.57. The fourth-order valence-electron chi connectivity index (χ4n) is 4.00. The highest BCUT2D eigenvalue weighted by Gasteiger charge is 2.40. The summed E-state index contributed by atoms with van der Waals surface area (Å²) >= 11 is 0. The number of nitrogens with one attached hydrogen (secondary N) is 2. The number of azo groups is 1. The molecule has 0 fully saturated rings. The van der Waals surface area contributed by atoms with Crippen molar-refractivity contribution in [1.82, 2.24) is 5.32 Å². The maximum absolute atomic E-state index is 13.2. The van der Waals surface area contributed by atoms with Crippen molar-refractivity contribution in [2.75, 3.05) is 11.9 Å². The Hall–Kier alpha value is -3.49. The van der Waals surface area contributed by atoms with E-state index in [0.717, 1.165) is 25.3 Å². The van der Waals surface area contributed by atoms with E-state index in [-0.39, 0.29) is 17.2 Å². The normalized spacial score (nSPS) is 18.1. The van der Waals surface area contributed by atoms with Crippen LogP contribution in [0, 0.1) is 0 Å². The molecule has 6 nitrogen and oxygen atoms in total. The quantitative estimate of drug-likeness (QED) is 0.407. The van der Waals surface area contributed by atoms with Crippen LogP contribution in [-0.2, 0) is 11.0 Å². The van der Waals surface area contributed by atoms with Crippen LogP contribution in [0.4, 0.5) is 24.5 Å². The summed E-state index contributed by atoms with van der Waals surface area (Å²) in [5.41, 5.74) is 1.16. The number of fused-ring (bicyclic) bond motifs is 1. The maximum atomic E-state index is 13.2. The Morgan fingerprint density at radius 1 is 1.12 bits per heavy atom. The second kappa shape index (κ2) is 9.56. The van der Waals surface area contributed by atoms with Gasteiger partial charge in [-0.3, -0.25) is 9.59 Å². The number of para-hydroxylation sites is 1. The van der Waals surface area contributed by atoms with Crippen molar-refractivity contribution < 1.29 is 22.8 Å². The van der Waals surface area contributed by atoms with Gasteiger partial charge in [-0.1, -0.05) is 23.8 Å². The second-order valence-electron chi connectivity index (χ2n) is 8.04. The van der Waals surface area contributed by atoms with Crippen LogP contribution >= 0.6 is 0 Å². The molecule has 0 spiro atoms. The predicted octanol–water partition coefficient (Wildman–Crippen LogP) is 6.10. The van der Waals surface area contributed by atoms with E-state index >= 15 is 0 Å². The average Bonchev–Trinajstić information content (AvgIpc) is 3.12. The molecule has 0 bridgehead atoms. The zero-order valence-corrected chi connectivity index (χ0v) is 17.8. The third-order valence-electron chi connectivity index (χ3n) is 5.73. The van der Waals surface area contributed by atoms with E-state index in [1.54, 1.807) is 24.3 Å².